The molecular weight excluding hydrogens is 446 g/mol. The van der Waals surface area contributed by atoms with Crippen molar-refractivity contribution in [3.8, 4) is 5.75 Å². The van der Waals surface area contributed by atoms with Gasteiger partial charge in [0, 0.05) is 44.8 Å². The van der Waals surface area contributed by atoms with Gasteiger partial charge >= 0.3 is 0 Å². The Morgan fingerprint density at radius 3 is 2.55 bits per heavy atom. The van der Waals surface area contributed by atoms with Crippen LogP contribution in [0.4, 0.5) is 5.69 Å². The molecular formula is C23H35N3O6S. The lowest BCUT2D eigenvalue weighted by molar-refractivity contribution is -0.136. The summed E-state index contributed by atoms with van der Waals surface area (Å²) in [7, 11) is -0.214. The number of carbonyl (C=O) groups is 2. The number of sulfonamides is 1. The predicted octanol–water partition coefficient (Wildman–Crippen LogP) is 2.19. The first kappa shape index (κ1) is 25.3. The molecule has 33 heavy (non-hydrogen) atoms. The van der Waals surface area contributed by atoms with Gasteiger partial charge in [0.05, 0.1) is 23.5 Å². The van der Waals surface area contributed by atoms with Gasteiger partial charge in [0.25, 0.3) is 5.91 Å². The van der Waals surface area contributed by atoms with Crippen LogP contribution in [0.3, 0.4) is 0 Å². The number of anilines is 1. The summed E-state index contributed by atoms with van der Waals surface area (Å²) >= 11 is 0. The number of nitrogens with one attached hydrogen (secondary N) is 1. The van der Waals surface area contributed by atoms with Crippen LogP contribution in [-0.2, 0) is 19.6 Å². The van der Waals surface area contributed by atoms with E-state index in [1.54, 1.807) is 38.1 Å². The van der Waals surface area contributed by atoms with Gasteiger partial charge in [-0.1, -0.05) is 6.92 Å². The van der Waals surface area contributed by atoms with Gasteiger partial charge < -0.3 is 19.3 Å². The normalized spacial score (nSPS) is 24.9. The highest BCUT2D eigenvalue weighted by atomic mass is 32.2. The van der Waals surface area contributed by atoms with Crippen LogP contribution < -0.4 is 9.46 Å². The number of carbonyl (C=O) groups excluding carboxylic acids is 2. The average Bonchev–Trinajstić information content (AvgIpc) is 3.63. The van der Waals surface area contributed by atoms with E-state index < -0.39 is 10.0 Å². The van der Waals surface area contributed by atoms with Crippen molar-refractivity contribution in [2.45, 2.75) is 45.8 Å². The second-order valence-electron chi connectivity index (χ2n) is 9.08. The van der Waals surface area contributed by atoms with Crippen LogP contribution >= 0.6 is 0 Å². The van der Waals surface area contributed by atoms with Gasteiger partial charge in [0.15, 0.2) is 0 Å². The summed E-state index contributed by atoms with van der Waals surface area (Å²) in [6.07, 6.45) is 1.56. The number of ether oxygens (including phenoxy) is 2. The molecule has 2 aliphatic rings. The Hall–Kier alpha value is -2.33. The number of benzene rings is 1. The van der Waals surface area contributed by atoms with Crippen molar-refractivity contribution in [1.29, 1.82) is 0 Å². The summed E-state index contributed by atoms with van der Waals surface area (Å²) in [5.41, 5.74) is 0.549. The van der Waals surface area contributed by atoms with E-state index in [2.05, 4.69) is 4.72 Å². The minimum absolute atomic E-state index is 0.00278. The Morgan fingerprint density at radius 1 is 1.24 bits per heavy atom. The lowest BCUT2D eigenvalue weighted by Gasteiger charge is -2.36. The third kappa shape index (κ3) is 6.17. The van der Waals surface area contributed by atoms with Crippen LogP contribution in [0.5, 0.6) is 5.75 Å². The largest absolute Gasteiger partial charge is 0.491 e. The maximum Gasteiger partial charge on any atom is 0.257 e. The maximum absolute atomic E-state index is 13.3. The molecule has 3 atom stereocenters. The topological polar surface area (TPSA) is 105 Å². The zero-order valence-corrected chi connectivity index (χ0v) is 20.9. The summed E-state index contributed by atoms with van der Waals surface area (Å²) in [6, 6.07) is 4.46. The molecule has 1 aromatic rings. The molecule has 9 nitrogen and oxygen atoms in total. The van der Waals surface area contributed by atoms with E-state index in [1.807, 2.05) is 18.7 Å². The molecule has 1 aromatic carbocycles. The molecule has 1 saturated carbocycles. The minimum atomic E-state index is -3.50. The minimum Gasteiger partial charge on any atom is -0.491 e. The molecule has 10 heteroatoms. The monoisotopic (exact) mass is 481 g/mol. The maximum atomic E-state index is 13.3. The average molecular weight is 482 g/mol. The molecule has 1 fully saturated rings. The van der Waals surface area contributed by atoms with E-state index in [0.717, 1.165) is 12.8 Å². The van der Waals surface area contributed by atoms with Crippen LogP contribution in [-0.4, -0.2) is 81.8 Å². The highest BCUT2D eigenvalue weighted by Gasteiger charge is 2.37. The zero-order valence-electron chi connectivity index (χ0n) is 20.0. The van der Waals surface area contributed by atoms with Crippen LogP contribution in [0.1, 0.15) is 44.0 Å². The lowest BCUT2D eigenvalue weighted by atomic mass is 10.0. The van der Waals surface area contributed by atoms with E-state index in [1.165, 1.54) is 6.07 Å². The van der Waals surface area contributed by atoms with Crippen molar-refractivity contribution in [3.05, 3.63) is 23.8 Å². The van der Waals surface area contributed by atoms with Gasteiger partial charge in [-0.15, -0.1) is 0 Å². The third-order valence-corrected chi connectivity index (χ3v) is 7.61. The molecule has 3 rings (SSSR count). The Bertz CT molecular complexity index is 978. The van der Waals surface area contributed by atoms with E-state index in [9.17, 15) is 18.0 Å². The van der Waals surface area contributed by atoms with Gasteiger partial charge in [-0.2, -0.15) is 0 Å². The second-order valence-corrected chi connectivity index (χ2v) is 11.1. The fraction of sp³-hybridized carbons (Fsp3) is 0.652. The smallest absolute Gasteiger partial charge is 0.257 e. The summed E-state index contributed by atoms with van der Waals surface area (Å²) < 4.78 is 38.2. The van der Waals surface area contributed by atoms with Crippen LogP contribution in [0.15, 0.2) is 18.2 Å². The van der Waals surface area contributed by atoms with Crippen molar-refractivity contribution >= 4 is 27.5 Å². The lowest BCUT2D eigenvalue weighted by Crippen LogP contribution is -2.49. The van der Waals surface area contributed by atoms with E-state index in [4.69, 9.17) is 9.47 Å². The third-order valence-electron chi connectivity index (χ3n) is 6.31. The number of methoxy groups -OCH3 is 1. The molecule has 1 aliphatic heterocycles. The molecule has 0 aromatic heterocycles. The van der Waals surface area contributed by atoms with Crippen LogP contribution in [0, 0.1) is 11.8 Å². The van der Waals surface area contributed by atoms with E-state index >= 15 is 0 Å². The molecule has 0 spiro atoms. The molecule has 0 bridgehead atoms. The number of nitrogens with zero attached hydrogens (tertiary/aromatic N) is 2. The SMILES string of the molecule is CCS(=O)(=O)Nc1ccc2c(c1)C(=O)N(C)C[C@@H](OC)[C@@H](C)CN(C(=O)C1CC1)[C@H](C)CO2. The summed E-state index contributed by atoms with van der Waals surface area (Å²) in [5, 5.41) is 0. The van der Waals surface area contributed by atoms with Gasteiger partial charge in [-0.25, -0.2) is 8.42 Å². The first-order valence-corrected chi connectivity index (χ1v) is 13.1. The van der Waals surface area contributed by atoms with Gasteiger partial charge in [0.1, 0.15) is 12.4 Å². The van der Waals surface area contributed by atoms with Crippen molar-refractivity contribution in [1.82, 2.24) is 9.80 Å². The number of likely N-dealkylation sites (N-methyl/N-ethyl adjacent to an activating group) is 1. The zero-order chi connectivity index (χ0) is 24.3. The fourth-order valence-corrected chi connectivity index (χ4v) is 4.59. The van der Waals surface area contributed by atoms with E-state index in [-0.39, 0.29) is 53.7 Å². The van der Waals surface area contributed by atoms with Crippen LogP contribution in [0.25, 0.3) is 0 Å². The fourth-order valence-electron chi connectivity index (χ4n) is 3.96. The molecule has 1 N–H and O–H groups in total. The van der Waals surface area contributed by atoms with Crippen molar-refractivity contribution < 1.29 is 27.5 Å². The number of hydrogen-bond donors (Lipinski definition) is 1. The summed E-state index contributed by atoms with van der Waals surface area (Å²) in [6.45, 7) is 6.56. The second kappa shape index (κ2) is 10.3. The predicted molar refractivity (Wildman–Crippen MR) is 126 cm³/mol. The molecule has 2 amide bonds. The number of amides is 2. The Labute approximate surface area is 196 Å². The van der Waals surface area contributed by atoms with Gasteiger partial charge in [0.2, 0.25) is 15.9 Å². The molecule has 1 aliphatic carbocycles. The molecule has 1 heterocycles. The highest BCUT2D eigenvalue weighted by molar-refractivity contribution is 7.92. The van der Waals surface area contributed by atoms with Crippen LogP contribution in [0.2, 0.25) is 0 Å². The number of fused-ring (bicyclic) bond motifs is 1. The molecule has 0 unspecified atom stereocenters. The Kier molecular flexibility index (Phi) is 7.89. The standard InChI is InChI=1S/C23H35N3O6S/c1-6-33(29,30)24-18-9-10-20-19(11-18)23(28)25(4)13-21(31-5)15(2)12-26(16(3)14-32-20)22(27)17-7-8-17/h9-11,15-17,21,24H,6-8,12-14H2,1-5H3/t15-,16+,21+/m0/s1. The van der Waals surface area contributed by atoms with Crippen molar-refractivity contribution in [2.75, 3.05) is 44.3 Å². The van der Waals surface area contributed by atoms with Gasteiger partial charge in [-0.05, 0) is 44.9 Å². The number of rotatable bonds is 5. The van der Waals surface area contributed by atoms with Crippen molar-refractivity contribution in [3.63, 3.8) is 0 Å². The van der Waals surface area contributed by atoms with Gasteiger partial charge in [-0.3, -0.25) is 14.3 Å². The highest BCUT2D eigenvalue weighted by Crippen LogP contribution is 2.33. The molecule has 0 saturated heterocycles. The summed E-state index contributed by atoms with van der Waals surface area (Å²) in [5.74, 6) is 0.190. The van der Waals surface area contributed by atoms with Crippen molar-refractivity contribution in [2.24, 2.45) is 11.8 Å². The first-order valence-electron chi connectivity index (χ1n) is 11.4. The first-order chi connectivity index (χ1) is 15.6. The Balaban J connectivity index is 1.96. The summed E-state index contributed by atoms with van der Waals surface area (Å²) in [4.78, 5) is 29.7. The number of hydrogen-bond acceptors (Lipinski definition) is 6. The van der Waals surface area contributed by atoms with E-state index in [0.29, 0.717) is 24.5 Å². The molecule has 184 valence electrons. The quantitative estimate of drug-likeness (QED) is 0.691. The Morgan fingerprint density at radius 2 is 1.94 bits per heavy atom. The molecule has 0 radical (unpaired) electrons.